The van der Waals surface area contributed by atoms with Crippen molar-refractivity contribution in [2.75, 3.05) is 0 Å². The van der Waals surface area contributed by atoms with Crippen LogP contribution in [-0.2, 0) is 4.79 Å². The van der Waals surface area contributed by atoms with E-state index in [2.05, 4.69) is 0 Å². The van der Waals surface area contributed by atoms with Crippen molar-refractivity contribution in [1.29, 1.82) is 0 Å². The second-order valence-electron chi connectivity index (χ2n) is 6.40. The number of piperidine rings is 1. The van der Waals surface area contributed by atoms with Gasteiger partial charge in [0.1, 0.15) is 0 Å². The van der Waals surface area contributed by atoms with Gasteiger partial charge in [-0.05, 0) is 27.2 Å². The third-order valence-electron chi connectivity index (χ3n) is 3.82. The number of nitro groups is 1. The highest BCUT2D eigenvalue weighted by Gasteiger charge is 2.42. The van der Waals surface area contributed by atoms with Gasteiger partial charge in [0, 0.05) is 24.1 Å². The van der Waals surface area contributed by atoms with E-state index in [1.165, 1.54) is 6.07 Å². The van der Waals surface area contributed by atoms with Gasteiger partial charge in [0.25, 0.3) is 5.69 Å². The van der Waals surface area contributed by atoms with Gasteiger partial charge >= 0.3 is 0 Å². The Kier molecular flexibility index (Phi) is 4.00. The van der Waals surface area contributed by atoms with Crippen molar-refractivity contribution in [2.24, 2.45) is 5.73 Å². The number of nitro benzene ring substituents is 1. The van der Waals surface area contributed by atoms with E-state index in [0.717, 1.165) is 0 Å². The van der Waals surface area contributed by atoms with E-state index in [1.807, 2.05) is 20.8 Å². The second kappa shape index (κ2) is 5.44. The summed E-state index contributed by atoms with van der Waals surface area (Å²) in [5.41, 5.74) is 6.30. The highest BCUT2D eigenvalue weighted by atomic mass is 16.6. The Balaban J connectivity index is 2.57. The molecule has 0 bridgehead atoms. The highest BCUT2D eigenvalue weighted by molar-refractivity contribution is 5.79. The van der Waals surface area contributed by atoms with Crippen LogP contribution in [0.3, 0.4) is 0 Å². The van der Waals surface area contributed by atoms with E-state index >= 15 is 0 Å². The van der Waals surface area contributed by atoms with E-state index in [9.17, 15) is 14.9 Å². The average Bonchev–Trinajstić information content (AvgIpc) is 2.39. The van der Waals surface area contributed by atoms with Crippen molar-refractivity contribution >= 4 is 11.6 Å². The molecule has 0 aliphatic carbocycles. The monoisotopic (exact) mass is 291 g/mol. The molecule has 0 spiro atoms. The van der Waals surface area contributed by atoms with Crippen molar-refractivity contribution in [3.05, 3.63) is 39.9 Å². The van der Waals surface area contributed by atoms with Gasteiger partial charge in [-0.2, -0.15) is 0 Å². The fourth-order valence-electron chi connectivity index (χ4n) is 2.98. The van der Waals surface area contributed by atoms with Gasteiger partial charge in [-0.1, -0.05) is 18.2 Å². The third kappa shape index (κ3) is 2.90. The zero-order valence-corrected chi connectivity index (χ0v) is 12.6. The molecule has 0 saturated carbocycles. The van der Waals surface area contributed by atoms with E-state index in [1.54, 1.807) is 23.1 Å². The van der Waals surface area contributed by atoms with Gasteiger partial charge < -0.3 is 10.6 Å². The Morgan fingerprint density at radius 2 is 1.95 bits per heavy atom. The first-order valence-electron chi connectivity index (χ1n) is 7.04. The average molecular weight is 291 g/mol. The number of likely N-dealkylation sites (tertiary alicyclic amines) is 1. The Bertz CT molecular complexity index is 566. The fourth-order valence-corrected chi connectivity index (χ4v) is 2.98. The number of carbonyl (C=O) groups is 1. The molecule has 114 valence electrons. The van der Waals surface area contributed by atoms with E-state index in [4.69, 9.17) is 5.73 Å². The van der Waals surface area contributed by atoms with Crippen LogP contribution in [0.25, 0.3) is 0 Å². The minimum atomic E-state index is -0.465. The van der Waals surface area contributed by atoms with Gasteiger partial charge in [-0.25, -0.2) is 0 Å². The third-order valence-corrected chi connectivity index (χ3v) is 3.82. The van der Waals surface area contributed by atoms with Crippen LogP contribution in [0.15, 0.2) is 24.3 Å². The number of hydrogen-bond acceptors (Lipinski definition) is 4. The number of para-hydroxylation sites is 1. The molecule has 1 fully saturated rings. The molecule has 6 nitrogen and oxygen atoms in total. The number of nitrogens with zero attached hydrogens (tertiary/aromatic N) is 2. The second-order valence-corrected chi connectivity index (χ2v) is 6.40. The van der Waals surface area contributed by atoms with Crippen molar-refractivity contribution in [1.82, 2.24) is 4.90 Å². The smallest absolute Gasteiger partial charge is 0.274 e. The maximum absolute atomic E-state index is 12.4. The van der Waals surface area contributed by atoms with Crippen LogP contribution in [0.4, 0.5) is 5.69 Å². The normalized spacial score (nSPS) is 23.2. The zero-order chi connectivity index (χ0) is 15.8. The predicted octanol–water partition coefficient (Wildman–Crippen LogP) is 2.38. The largest absolute Gasteiger partial charge is 0.329 e. The SMILES string of the molecule is CC(C)(C)N1C(=O)CCC(N)C1c1ccccc1[N+](=O)[O-]. The molecule has 1 aliphatic heterocycles. The number of benzene rings is 1. The fraction of sp³-hybridized carbons (Fsp3) is 0.533. The lowest BCUT2D eigenvalue weighted by Crippen LogP contribution is -2.56. The van der Waals surface area contributed by atoms with Gasteiger partial charge in [-0.3, -0.25) is 14.9 Å². The summed E-state index contributed by atoms with van der Waals surface area (Å²) in [6, 6.07) is 5.76. The Morgan fingerprint density at radius 3 is 2.52 bits per heavy atom. The Morgan fingerprint density at radius 1 is 1.33 bits per heavy atom. The van der Waals surface area contributed by atoms with Crippen LogP contribution in [0.5, 0.6) is 0 Å². The summed E-state index contributed by atoms with van der Waals surface area (Å²) in [6.07, 6.45) is 0.928. The molecule has 1 aromatic rings. The zero-order valence-electron chi connectivity index (χ0n) is 12.6. The van der Waals surface area contributed by atoms with Gasteiger partial charge in [0.05, 0.1) is 16.5 Å². The first-order chi connectivity index (χ1) is 9.73. The lowest BCUT2D eigenvalue weighted by molar-refractivity contribution is -0.386. The van der Waals surface area contributed by atoms with Crippen LogP contribution in [0, 0.1) is 10.1 Å². The molecule has 2 atom stereocenters. The quantitative estimate of drug-likeness (QED) is 0.669. The first kappa shape index (κ1) is 15.4. The summed E-state index contributed by atoms with van der Waals surface area (Å²) >= 11 is 0. The van der Waals surface area contributed by atoms with Crippen LogP contribution in [-0.4, -0.2) is 27.3 Å². The van der Waals surface area contributed by atoms with E-state index in [0.29, 0.717) is 18.4 Å². The van der Waals surface area contributed by atoms with Gasteiger partial charge in [-0.15, -0.1) is 0 Å². The van der Waals surface area contributed by atoms with Crippen molar-refractivity contribution in [3.8, 4) is 0 Å². The van der Waals surface area contributed by atoms with Crippen LogP contribution in [0.2, 0.25) is 0 Å². The van der Waals surface area contributed by atoms with Crippen molar-refractivity contribution < 1.29 is 9.72 Å². The van der Waals surface area contributed by atoms with Crippen molar-refractivity contribution in [2.45, 2.75) is 51.2 Å². The van der Waals surface area contributed by atoms with Crippen LogP contribution in [0.1, 0.15) is 45.2 Å². The molecular formula is C15H21N3O3. The predicted molar refractivity (Wildman–Crippen MR) is 79.6 cm³/mol. The molecular weight excluding hydrogens is 270 g/mol. The summed E-state index contributed by atoms with van der Waals surface area (Å²) in [5.74, 6) is -0.00708. The van der Waals surface area contributed by atoms with E-state index < -0.39 is 16.5 Å². The lowest BCUT2D eigenvalue weighted by atomic mass is 9.86. The summed E-state index contributed by atoms with van der Waals surface area (Å²) in [7, 11) is 0. The summed E-state index contributed by atoms with van der Waals surface area (Å²) in [6.45, 7) is 5.76. The molecule has 2 N–H and O–H groups in total. The number of hydrogen-bond donors (Lipinski definition) is 1. The summed E-state index contributed by atoms with van der Waals surface area (Å²) in [5, 5.41) is 11.3. The molecule has 0 radical (unpaired) electrons. The molecule has 1 heterocycles. The minimum absolute atomic E-state index is 0.00708. The molecule has 0 aromatic heterocycles. The minimum Gasteiger partial charge on any atom is -0.329 e. The maximum atomic E-state index is 12.4. The highest BCUT2D eigenvalue weighted by Crippen LogP contribution is 2.39. The Labute approximate surface area is 124 Å². The van der Waals surface area contributed by atoms with Crippen molar-refractivity contribution in [3.63, 3.8) is 0 Å². The van der Waals surface area contributed by atoms with Gasteiger partial charge in [0.2, 0.25) is 5.91 Å². The number of rotatable bonds is 2. The maximum Gasteiger partial charge on any atom is 0.274 e. The molecule has 1 aromatic carbocycles. The molecule has 21 heavy (non-hydrogen) atoms. The lowest BCUT2D eigenvalue weighted by Gasteiger charge is -2.47. The molecule has 2 unspecified atom stereocenters. The topological polar surface area (TPSA) is 89.5 Å². The summed E-state index contributed by atoms with van der Waals surface area (Å²) in [4.78, 5) is 24.9. The molecule has 6 heteroatoms. The molecule has 1 amide bonds. The standard InChI is InChI=1S/C15H21N3O3/c1-15(2,3)17-13(19)9-8-11(16)14(17)10-6-4-5-7-12(10)18(20)21/h4-7,11,14H,8-9,16H2,1-3H3. The molecule has 1 aliphatic rings. The Hall–Kier alpha value is -1.95. The summed E-state index contributed by atoms with van der Waals surface area (Å²) < 4.78 is 0. The first-order valence-corrected chi connectivity index (χ1v) is 7.04. The number of nitrogens with two attached hydrogens (primary N) is 1. The van der Waals surface area contributed by atoms with E-state index in [-0.39, 0.29) is 17.6 Å². The van der Waals surface area contributed by atoms with Crippen LogP contribution >= 0.6 is 0 Å². The number of amides is 1. The van der Waals surface area contributed by atoms with Gasteiger partial charge in [0.15, 0.2) is 0 Å². The number of carbonyl (C=O) groups excluding carboxylic acids is 1. The molecule has 1 saturated heterocycles. The van der Waals surface area contributed by atoms with Crippen LogP contribution < -0.4 is 5.73 Å². The molecule has 2 rings (SSSR count).